The Morgan fingerprint density at radius 3 is 1.85 bits per heavy atom. The Bertz CT molecular complexity index is 1380. The zero-order valence-electron chi connectivity index (χ0n) is 21.3. The van der Waals surface area contributed by atoms with E-state index in [1.54, 1.807) is 6.07 Å². The molecule has 0 aliphatic carbocycles. The highest BCUT2D eigenvalue weighted by Gasteiger charge is 2.83. The Kier molecular flexibility index (Phi) is 9.04. The van der Waals surface area contributed by atoms with Crippen molar-refractivity contribution < 1.29 is 61.1 Å². The van der Waals surface area contributed by atoms with E-state index in [2.05, 4.69) is 0 Å². The Labute approximate surface area is 228 Å². The summed E-state index contributed by atoms with van der Waals surface area (Å²) in [5, 5.41) is -13.5. The van der Waals surface area contributed by atoms with Gasteiger partial charge >= 0.3 is 16.4 Å². The number of rotatable bonds is 11. The molecule has 3 rings (SSSR count). The van der Waals surface area contributed by atoms with Crippen molar-refractivity contribution in [1.29, 1.82) is 0 Å². The minimum Gasteiger partial charge on any atom is -0.343 e. The van der Waals surface area contributed by atoms with Gasteiger partial charge in [0, 0.05) is 31.1 Å². The molecule has 2 aliphatic heterocycles. The molecule has 2 heterocycles. The normalized spacial score (nSPS) is 21.0. The molecule has 2 fully saturated rings. The monoisotopic (exact) mass is 646 g/mol. The summed E-state index contributed by atoms with van der Waals surface area (Å²) in [4.78, 5) is 0. The lowest BCUT2D eigenvalue weighted by atomic mass is 9.93. The molecule has 0 radical (unpaired) electrons. The van der Waals surface area contributed by atoms with Gasteiger partial charge in [0.15, 0.2) is 5.79 Å². The van der Waals surface area contributed by atoms with E-state index in [-0.39, 0.29) is 42.2 Å². The van der Waals surface area contributed by atoms with Crippen LogP contribution in [0.2, 0.25) is 0 Å². The zero-order valence-corrected chi connectivity index (χ0v) is 23.7. The highest BCUT2D eigenvalue weighted by atomic mass is 32.3. The number of ether oxygens (including phenoxy) is 2. The first-order valence-corrected chi connectivity index (χ1v) is 16.6. The second-order valence-corrected chi connectivity index (χ2v) is 15.4. The van der Waals surface area contributed by atoms with Crippen LogP contribution >= 0.6 is 0 Å². The van der Waals surface area contributed by atoms with E-state index < -0.39 is 81.6 Å². The van der Waals surface area contributed by atoms with Crippen LogP contribution < -0.4 is 0 Å². The van der Waals surface area contributed by atoms with Crippen molar-refractivity contribution in [2.24, 2.45) is 5.92 Å². The predicted molar refractivity (Wildman–Crippen MR) is 129 cm³/mol. The number of hydrogen-bond donors (Lipinski definition) is 0. The van der Waals surface area contributed by atoms with Gasteiger partial charge in [-0.25, -0.2) is 25.3 Å². The number of hydrogen-bond acceptors (Lipinski definition) is 8. The summed E-state index contributed by atoms with van der Waals surface area (Å²) >= 11 is 0. The van der Waals surface area contributed by atoms with Crippen molar-refractivity contribution >= 4 is 30.1 Å². The van der Waals surface area contributed by atoms with Gasteiger partial charge in [-0.05, 0) is 12.8 Å². The van der Waals surface area contributed by atoms with E-state index in [0.717, 1.165) is 6.92 Å². The van der Waals surface area contributed by atoms with Gasteiger partial charge in [-0.15, -0.1) is 0 Å². The Morgan fingerprint density at radius 2 is 1.38 bits per heavy atom. The predicted octanol–water partition coefficient (Wildman–Crippen LogP) is 2.75. The third-order valence-electron chi connectivity index (χ3n) is 6.64. The average Bonchev–Trinajstić information content (AvgIpc) is 3.38. The van der Waals surface area contributed by atoms with Crippen LogP contribution in [0, 0.1) is 5.92 Å². The largest absolute Gasteiger partial charge is 0.429 e. The van der Waals surface area contributed by atoms with Crippen molar-refractivity contribution in [2.45, 2.75) is 48.4 Å². The number of nitrogens with zero attached hydrogens (tertiary/aromatic N) is 2. The summed E-state index contributed by atoms with van der Waals surface area (Å²) in [7, 11) is -19.1. The zero-order chi connectivity index (χ0) is 30.4. The maximum atomic E-state index is 15.1. The van der Waals surface area contributed by atoms with Gasteiger partial charge in [-0.1, -0.05) is 47.4 Å². The van der Waals surface area contributed by atoms with Crippen LogP contribution in [-0.2, 0) is 45.3 Å². The van der Waals surface area contributed by atoms with E-state index in [9.17, 15) is 42.8 Å². The van der Waals surface area contributed by atoms with Crippen LogP contribution in [0.25, 0.3) is 0 Å². The topological polar surface area (TPSA) is 127 Å². The number of sulfonamides is 3. The van der Waals surface area contributed by atoms with Crippen LogP contribution in [0.15, 0.2) is 30.3 Å². The lowest BCUT2D eigenvalue weighted by Gasteiger charge is -2.39. The smallest absolute Gasteiger partial charge is 0.343 e. The number of benzene rings is 1. The molecular weight excluding hydrogens is 618 g/mol. The summed E-state index contributed by atoms with van der Waals surface area (Å²) < 4.78 is 175. The Morgan fingerprint density at radius 1 is 0.875 bits per heavy atom. The Hall–Kier alpha value is -1.51. The lowest BCUT2D eigenvalue weighted by Crippen LogP contribution is -2.66. The molecule has 1 aromatic rings. The van der Waals surface area contributed by atoms with Crippen molar-refractivity contribution in [3.05, 3.63) is 35.9 Å². The molecule has 1 aromatic carbocycles. The van der Waals surface area contributed by atoms with E-state index >= 15 is 8.78 Å². The highest BCUT2D eigenvalue weighted by Crippen LogP contribution is 2.53. The van der Waals surface area contributed by atoms with Gasteiger partial charge in [0.05, 0.1) is 19.5 Å². The number of halogens is 6. The molecule has 10 nitrogen and oxygen atoms in total. The van der Waals surface area contributed by atoms with E-state index in [4.69, 9.17) is 9.47 Å². The van der Waals surface area contributed by atoms with Crippen LogP contribution in [0.3, 0.4) is 0 Å². The van der Waals surface area contributed by atoms with Gasteiger partial charge in [0.1, 0.15) is 0 Å². The van der Waals surface area contributed by atoms with E-state index in [0.29, 0.717) is 6.42 Å². The molecule has 1 atom stereocenters. The molecule has 40 heavy (non-hydrogen) atoms. The summed E-state index contributed by atoms with van der Waals surface area (Å²) in [6.45, 7) is -1.95. The summed E-state index contributed by atoms with van der Waals surface area (Å²) in [6.07, 6.45) is 0.392. The first kappa shape index (κ1) is 33.0. The van der Waals surface area contributed by atoms with Gasteiger partial charge in [-0.2, -0.15) is 30.6 Å². The summed E-state index contributed by atoms with van der Waals surface area (Å²) in [6, 6.07) is 7.43. The molecule has 0 saturated carbocycles. The first-order chi connectivity index (χ1) is 18.2. The van der Waals surface area contributed by atoms with Gasteiger partial charge < -0.3 is 9.47 Å². The quantitative estimate of drug-likeness (QED) is 0.336. The van der Waals surface area contributed by atoms with Crippen LogP contribution in [0.1, 0.15) is 31.7 Å². The molecule has 19 heteroatoms. The molecule has 230 valence electrons. The number of piperidine rings is 1. The van der Waals surface area contributed by atoms with E-state index in [1.807, 2.05) is 0 Å². The minimum absolute atomic E-state index is 0.0252. The third-order valence-corrected chi connectivity index (χ3v) is 12.5. The summed E-state index contributed by atoms with van der Waals surface area (Å²) in [5.41, 5.74) is 0.196. The van der Waals surface area contributed by atoms with Crippen LogP contribution in [-0.4, -0.2) is 88.8 Å². The Balaban J connectivity index is 2.06. The van der Waals surface area contributed by atoms with E-state index in [1.165, 1.54) is 24.3 Å². The molecule has 0 N–H and O–H groups in total. The molecule has 1 unspecified atom stereocenters. The highest BCUT2D eigenvalue weighted by molar-refractivity contribution is 8.04. The van der Waals surface area contributed by atoms with Crippen molar-refractivity contribution in [2.75, 3.05) is 39.1 Å². The van der Waals surface area contributed by atoms with Crippen molar-refractivity contribution in [1.82, 2.24) is 8.02 Å². The SMILES string of the molecule is CC(CN(S(C)(=O)=O)S(=O)(=O)C(F)(F)C(F)(F)C(F)(F)S(=O)(=O)N1CCCCC1)C1(c2ccccc2)OCCO1. The fourth-order valence-electron chi connectivity index (χ4n) is 4.48. The standard InChI is InChI=1S/C21H28F6N2O8S3/c1-16(18(36-13-14-37-18)17-9-5-3-6-10-17)15-29(38(2,30)31)40(34,35)21(26,27)19(22,23)20(24,25)39(32,33)28-11-7-4-8-12-28/h3,5-6,9-10,16H,4,7-8,11-15H2,1-2H3. The molecule has 2 saturated heterocycles. The van der Waals surface area contributed by atoms with Crippen molar-refractivity contribution in [3.63, 3.8) is 0 Å². The first-order valence-electron chi connectivity index (χ1n) is 11.9. The fourth-order valence-corrected chi connectivity index (χ4v) is 9.39. The molecule has 0 amide bonds. The maximum Gasteiger partial charge on any atom is 0.429 e. The average molecular weight is 647 g/mol. The second-order valence-electron chi connectivity index (χ2n) is 9.43. The van der Waals surface area contributed by atoms with Gasteiger partial charge in [-0.3, -0.25) is 0 Å². The fraction of sp³-hybridized carbons (Fsp3) is 0.714. The van der Waals surface area contributed by atoms with Crippen LogP contribution in [0.4, 0.5) is 26.3 Å². The molecule has 0 spiro atoms. The molecule has 0 bridgehead atoms. The van der Waals surface area contributed by atoms with Gasteiger partial charge in [0.2, 0.25) is 10.0 Å². The minimum atomic E-state index is -7.24. The molecule has 2 aliphatic rings. The summed E-state index contributed by atoms with van der Waals surface area (Å²) in [5.74, 6) is -10.5. The molecular formula is C21H28F6N2O8S3. The lowest BCUT2D eigenvalue weighted by molar-refractivity contribution is -0.246. The third kappa shape index (κ3) is 5.26. The van der Waals surface area contributed by atoms with Gasteiger partial charge in [0.25, 0.3) is 20.0 Å². The van der Waals surface area contributed by atoms with Crippen molar-refractivity contribution in [3.8, 4) is 0 Å². The maximum absolute atomic E-state index is 15.1. The van der Waals surface area contributed by atoms with Crippen LogP contribution in [0.5, 0.6) is 0 Å². The number of alkyl halides is 6. The second kappa shape index (κ2) is 11.0. The molecule has 0 aromatic heterocycles.